The van der Waals surface area contributed by atoms with Gasteiger partial charge in [0, 0.05) is 16.9 Å². The first-order valence-corrected chi connectivity index (χ1v) is 17.7. The van der Waals surface area contributed by atoms with E-state index in [0.29, 0.717) is 19.4 Å². The molecular formula is C30H47NO4SSi. The number of aromatic nitrogens is 1. The second kappa shape index (κ2) is 12.5. The fraction of sp³-hybridized carbons (Fsp3) is 0.667. The van der Waals surface area contributed by atoms with Gasteiger partial charge in [-0.2, -0.15) is 0 Å². The molecule has 0 amide bonds. The Bertz CT molecular complexity index is 1010. The van der Waals surface area contributed by atoms with E-state index in [9.17, 15) is 4.79 Å². The molecule has 1 aromatic carbocycles. The standard InChI is InChI=1S/C30H47NO4SSi/c1-10-23(11-2)34-26-18-22(29(32)33-12-3)17-24(27(26)35-37(8,9)30(5,6)7)28-31-25(19-36-28)21-15-13-20(4)14-16-21/h13-16,19,22-24,26-27H,10-12,17-18H2,1-9H3/t22-,24-,26-,27+/m1/s1. The van der Waals surface area contributed by atoms with Crippen molar-refractivity contribution in [2.75, 3.05) is 6.61 Å². The number of hydrogen-bond acceptors (Lipinski definition) is 6. The third kappa shape index (κ3) is 7.31. The van der Waals surface area contributed by atoms with E-state index in [1.54, 1.807) is 11.3 Å². The van der Waals surface area contributed by atoms with Crippen LogP contribution < -0.4 is 0 Å². The maximum absolute atomic E-state index is 13.0. The Morgan fingerprint density at radius 3 is 2.32 bits per heavy atom. The zero-order valence-corrected chi connectivity index (χ0v) is 26.1. The van der Waals surface area contributed by atoms with Crippen LogP contribution in [0.5, 0.6) is 0 Å². The molecule has 0 unspecified atom stereocenters. The summed E-state index contributed by atoms with van der Waals surface area (Å²) in [7, 11) is -2.13. The molecule has 37 heavy (non-hydrogen) atoms. The fourth-order valence-corrected chi connectivity index (χ4v) is 7.08. The van der Waals surface area contributed by atoms with Crippen LogP contribution in [0.15, 0.2) is 29.6 Å². The summed E-state index contributed by atoms with van der Waals surface area (Å²) in [6.45, 7) is 20.1. The van der Waals surface area contributed by atoms with Crippen molar-refractivity contribution in [1.82, 2.24) is 4.98 Å². The Hall–Kier alpha value is -1.54. The van der Waals surface area contributed by atoms with Crippen LogP contribution in [-0.2, 0) is 18.7 Å². The highest BCUT2D eigenvalue weighted by Gasteiger charge is 2.49. The molecule has 1 aliphatic carbocycles. The molecule has 3 rings (SSSR count). The molecule has 1 aromatic heterocycles. The van der Waals surface area contributed by atoms with Gasteiger partial charge in [-0.1, -0.05) is 64.4 Å². The maximum atomic E-state index is 13.0. The lowest BCUT2D eigenvalue weighted by molar-refractivity contribution is -0.158. The molecular weight excluding hydrogens is 498 g/mol. The van der Waals surface area contributed by atoms with Crippen molar-refractivity contribution in [2.24, 2.45) is 5.92 Å². The third-order valence-electron chi connectivity index (χ3n) is 8.14. The van der Waals surface area contributed by atoms with Crippen LogP contribution in [0.4, 0.5) is 0 Å². The monoisotopic (exact) mass is 545 g/mol. The summed E-state index contributed by atoms with van der Waals surface area (Å²) in [6, 6.07) is 8.49. The normalized spacial score (nSPS) is 22.9. The summed E-state index contributed by atoms with van der Waals surface area (Å²) in [5, 5.41) is 3.21. The van der Waals surface area contributed by atoms with Gasteiger partial charge >= 0.3 is 5.97 Å². The minimum absolute atomic E-state index is 0.0270. The van der Waals surface area contributed by atoms with E-state index < -0.39 is 8.32 Å². The highest BCUT2D eigenvalue weighted by atomic mass is 32.1. The number of rotatable bonds is 10. The van der Waals surface area contributed by atoms with Gasteiger partial charge in [0.05, 0.1) is 41.5 Å². The van der Waals surface area contributed by atoms with Crippen molar-refractivity contribution < 1.29 is 18.7 Å². The van der Waals surface area contributed by atoms with Gasteiger partial charge in [0.25, 0.3) is 0 Å². The summed E-state index contributed by atoms with van der Waals surface area (Å²) >= 11 is 1.67. The highest BCUT2D eigenvalue weighted by molar-refractivity contribution is 7.10. The van der Waals surface area contributed by atoms with Crippen LogP contribution in [0.3, 0.4) is 0 Å². The van der Waals surface area contributed by atoms with Gasteiger partial charge in [-0.15, -0.1) is 11.3 Å². The predicted molar refractivity (Wildman–Crippen MR) is 156 cm³/mol. The topological polar surface area (TPSA) is 57.7 Å². The Morgan fingerprint density at radius 1 is 1.11 bits per heavy atom. The Kier molecular flexibility index (Phi) is 10.2. The van der Waals surface area contributed by atoms with E-state index in [0.717, 1.165) is 29.1 Å². The molecule has 5 nitrogen and oxygen atoms in total. The molecule has 0 saturated heterocycles. The minimum Gasteiger partial charge on any atom is -0.466 e. The van der Waals surface area contributed by atoms with Crippen molar-refractivity contribution in [2.45, 2.75) is 117 Å². The predicted octanol–water partition coefficient (Wildman–Crippen LogP) is 8.14. The van der Waals surface area contributed by atoms with Crippen molar-refractivity contribution in [3.05, 3.63) is 40.2 Å². The van der Waals surface area contributed by atoms with Crippen molar-refractivity contribution in [1.29, 1.82) is 0 Å². The molecule has 0 aliphatic heterocycles. The summed E-state index contributed by atoms with van der Waals surface area (Å²) in [6.07, 6.45) is 2.97. The van der Waals surface area contributed by atoms with Gasteiger partial charge < -0.3 is 13.9 Å². The summed E-state index contributed by atoms with van der Waals surface area (Å²) in [5.74, 6) is -0.386. The first-order chi connectivity index (χ1) is 17.4. The summed E-state index contributed by atoms with van der Waals surface area (Å²) in [4.78, 5) is 18.1. The number of hydrogen-bond donors (Lipinski definition) is 0. The van der Waals surface area contributed by atoms with E-state index in [4.69, 9.17) is 18.9 Å². The van der Waals surface area contributed by atoms with Crippen LogP contribution in [0.1, 0.15) is 83.7 Å². The van der Waals surface area contributed by atoms with E-state index in [1.807, 2.05) is 6.92 Å². The molecule has 1 saturated carbocycles. The van der Waals surface area contributed by atoms with E-state index >= 15 is 0 Å². The van der Waals surface area contributed by atoms with Crippen LogP contribution in [0.25, 0.3) is 11.3 Å². The largest absolute Gasteiger partial charge is 0.466 e. The number of ether oxygens (including phenoxy) is 2. The van der Waals surface area contributed by atoms with Crippen molar-refractivity contribution in [3.63, 3.8) is 0 Å². The lowest BCUT2D eigenvalue weighted by atomic mass is 9.77. The zero-order chi connectivity index (χ0) is 27.4. The van der Waals surface area contributed by atoms with Gasteiger partial charge in [-0.3, -0.25) is 4.79 Å². The Morgan fingerprint density at radius 2 is 1.76 bits per heavy atom. The molecule has 0 radical (unpaired) electrons. The number of carbonyl (C=O) groups is 1. The molecule has 0 bridgehead atoms. The molecule has 0 N–H and O–H groups in total. The number of thiazole rings is 1. The van der Waals surface area contributed by atoms with Gasteiger partial charge in [0.1, 0.15) is 0 Å². The first-order valence-electron chi connectivity index (χ1n) is 13.9. The molecule has 7 heteroatoms. The number of esters is 1. The SMILES string of the molecule is CCOC(=O)[C@H]1C[C@@H](OC(CC)CC)[C@@H](O[Si](C)(C)C(C)(C)C)[C@H](c2nc(-c3ccc(C)cc3)cs2)C1. The van der Waals surface area contributed by atoms with Crippen LogP contribution in [-0.4, -0.2) is 44.2 Å². The molecule has 1 heterocycles. The lowest BCUT2D eigenvalue weighted by Crippen LogP contribution is -2.53. The van der Waals surface area contributed by atoms with Crippen LogP contribution in [0.2, 0.25) is 18.1 Å². The number of carbonyl (C=O) groups excluding carboxylic acids is 1. The van der Waals surface area contributed by atoms with Gasteiger partial charge in [-0.25, -0.2) is 4.98 Å². The number of benzene rings is 1. The molecule has 1 aliphatic rings. The summed E-state index contributed by atoms with van der Waals surface area (Å²) in [5.41, 5.74) is 3.31. The van der Waals surface area contributed by atoms with Crippen molar-refractivity contribution >= 4 is 25.6 Å². The second-order valence-corrected chi connectivity index (χ2v) is 17.6. The third-order valence-corrected chi connectivity index (χ3v) is 13.6. The van der Waals surface area contributed by atoms with Crippen LogP contribution in [0, 0.1) is 12.8 Å². The van der Waals surface area contributed by atoms with Gasteiger partial charge in [0.2, 0.25) is 0 Å². The Labute approximate surface area is 229 Å². The van der Waals surface area contributed by atoms with Gasteiger partial charge in [-0.05, 0) is 57.7 Å². The van der Waals surface area contributed by atoms with E-state index in [-0.39, 0.29) is 41.2 Å². The smallest absolute Gasteiger partial charge is 0.309 e. The molecule has 1 fully saturated rings. The molecule has 4 atom stereocenters. The quantitative estimate of drug-likeness (QED) is 0.223. The maximum Gasteiger partial charge on any atom is 0.309 e. The Balaban J connectivity index is 2.04. The lowest BCUT2D eigenvalue weighted by Gasteiger charge is -2.47. The van der Waals surface area contributed by atoms with Crippen LogP contribution >= 0.6 is 11.3 Å². The number of aryl methyl sites for hydroxylation is 1. The number of nitrogens with zero attached hydrogens (tertiary/aromatic N) is 1. The second-order valence-electron chi connectivity index (χ2n) is 11.9. The average Bonchev–Trinajstić information content (AvgIpc) is 3.33. The minimum atomic E-state index is -2.13. The highest BCUT2D eigenvalue weighted by Crippen LogP contribution is 2.46. The zero-order valence-electron chi connectivity index (χ0n) is 24.3. The van der Waals surface area contributed by atoms with E-state index in [2.05, 4.69) is 84.3 Å². The van der Waals surface area contributed by atoms with Crippen molar-refractivity contribution in [3.8, 4) is 11.3 Å². The first kappa shape index (κ1) is 30.0. The molecule has 206 valence electrons. The molecule has 0 spiro atoms. The van der Waals surface area contributed by atoms with Gasteiger partial charge in [0.15, 0.2) is 8.32 Å². The average molecular weight is 546 g/mol. The molecule has 2 aromatic rings. The fourth-order valence-electron chi connectivity index (χ4n) is 4.76. The summed E-state index contributed by atoms with van der Waals surface area (Å²) < 4.78 is 19.4. The van der Waals surface area contributed by atoms with E-state index in [1.165, 1.54) is 5.56 Å².